The SMILES string of the molecule is COc1ccc(C2CN(c3cc(C4CC4c4cnc(-c5ncccn5)nc4)cc(F)c3F)C2)cc1OC. The smallest absolute Gasteiger partial charge is 0.197 e. The van der Waals surface area contributed by atoms with Gasteiger partial charge in [0, 0.05) is 43.8 Å². The quantitative estimate of drug-likeness (QED) is 0.349. The molecule has 1 saturated carbocycles. The van der Waals surface area contributed by atoms with Crippen LogP contribution >= 0.6 is 0 Å². The molecule has 0 N–H and O–H groups in total. The van der Waals surface area contributed by atoms with E-state index in [1.165, 1.54) is 6.07 Å². The molecule has 0 bridgehead atoms. The van der Waals surface area contributed by atoms with Gasteiger partial charge >= 0.3 is 0 Å². The molecule has 188 valence electrons. The molecule has 3 heterocycles. The number of methoxy groups -OCH3 is 2. The molecule has 4 aromatic rings. The molecule has 0 amide bonds. The predicted octanol–water partition coefficient (Wildman–Crippen LogP) is 5.10. The van der Waals surface area contributed by atoms with Gasteiger partial charge < -0.3 is 14.4 Å². The van der Waals surface area contributed by atoms with Crippen molar-refractivity contribution >= 4 is 5.69 Å². The fourth-order valence-corrected chi connectivity index (χ4v) is 5.02. The summed E-state index contributed by atoms with van der Waals surface area (Å²) >= 11 is 0. The van der Waals surface area contributed by atoms with Gasteiger partial charge in [0.15, 0.2) is 34.8 Å². The summed E-state index contributed by atoms with van der Waals surface area (Å²) in [4.78, 5) is 19.0. The largest absolute Gasteiger partial charge is 0.493 e. The Kier molecular flexibility index (Phi) is 5.90. The van der Waals surface area contributed by atoms with Crippen molar-refractivity contribution < 1.29 is 18.3 Å². The van der Waals surface area contributed by atoms with Crippen molar-refractivity contribution in [3.8, 4) is 23.1 Å². The fraction of sp³-hybridized carbons (Fsp3) is 0.286. The van der Waals surface area contributed by atoms with Gasteiger partial charge in [0.25, 0.3) is 0 Å². The number of hydrogen-bond donors (Lipinski definition) is 0. The van der Waals surface area contributed by atoms with E-state index in [4.69, 9.17) is 9.47 Å². The lowest BCUT2D eigenvalue weighted by Crippen LogP contribution is -2.45. The van der Waals surface area contributed by atoms with E-state index in [9.17, 15) is 8.78 Å². The van der Waals surface area contributed by atoms with Crippen LogP contribution < -0.4 is 14.4 Å². The van der Waals surface area contributed by atoms with Crippen molar-refractivity contribution in [3.63, 3.8) is 0 Å². The Morgan fingerprint density at radius 3 is 2.16 bits per heavy atom. The van der Waals surface area contributed by atoms with Crippen LogP contribution in [0.3, 0.4) is 0 Å². The second-order valence-corrected chi connectivity index (χ2v) is 9.41. The lowest BCUT2D eigenvalue weighted by molar-refractivity contribution is 0.353. The number of aromatic nitrogens is 4. The first kappa shape index (κ1) is 23.3. The summed E-state index contributed by atoms with van der Waals surface area (Å²) in [5.74, 6) is 1.08. The number of ether oxygens (including phenoxy) is 2. The van der Waals surface area contributed by atoms with Crippen LogP contribution in [0.2, 0.25) is 0 Å². The van der Waals surface area contributed by atoms with Crippen LogP contribution in [0.25, 0.3) is 11.6 Å². The summed E-state index contributed by atoms with van der Waals surface area (Å²) in [5, 5.41) is 0. The molecule has 2 fully saturated rings. The topological polar surface area (TPSA) is 73.3 Å². The van der Waals surface area contributed by atoms with Gasteiger partial charge in [-0.05, 0) is 65.3 Å². The average molecular weight is 502 g/mol. The first-order valence-electron chi connectivity index (χ1n) is 12.1. The van der Waals surface area contributed by atoms with Crippen molar-refractivity contribution in [2.45, 2.75) is 24.2 Å². The summed E-state index contributed by atoms with van der Waals surface area (Å²) in [6, 6.07) is 10.7. The van der Waals surface area contributed by atoms with Gasteiger partial charge in [-0.15, -0.1) is 0 Å². The molecule has 9 heteroatoms. The van der Waals surface area contributed by atoms with Crippen molar-refractivity contribution in [2.24, 2.45) is 0 Å². The highest BCUT2D eigenvalue weighted by Crippen LogP contribution is 2.55. The number of nitrogens with zero attached hydrogens (tertiary/aromatic N) is 5. The highest BCUT2D eigenvalue weighted by atomic mass is 19.2. The van der Waals surface area contributed by atoms with Crippen molar-refractivity contribution in [2.75, 3.05) is 32.2 Å². The molecular formula is C28H25F2N5O2. The zero-order valence-corrected chi connectivity index (χ0v) is 20.4. The number of benzene rings is 2. The van der Waals surface area contributed by atoms with E-state index in [1.807, 2.05) is 23.1 Å². The highest BCUT2D eigenvalue weighted by molar-refractivity contribution is 5.57. The maximum absolute atomic E-state index is 14.8. The summed E-state index contributed by atoms with van der Waals surface area (Å²) in [6.07, 6.45) is 7.67. The molecule has 1 saturated heterocycles. The molecule has 7 nitrogen and oxygen atoms in total. The van der Waals surface area contributed by atoms with Crippen molar-refractivity contribution in [1.82, 2.24) is 19.9 Å². The Balaban J connectivity index is 1.16. The maximum atomic E-state index is 14.8. The van der Waals surface area contributed by atoms with Crippen LogP contribution in [0, 0.1) is 11.6 Å². The van der Waals surface area contributed by atoms with Crippen molar-refractivity contribution in [3.05, 3.63) is 89.5 Å². The first-order chi connectivity index (χ1) is 18.1. The molecule has 1 aliphatic heterocycles. The third kappa shape index (κ3) is 4.34. The molecule has 37 heavy (non-hydrogen) atoms. The number of halogens is 2. The molecule has 2 unspecified atom stereocenters. The molecule has 6 rings (SSSR count). The molecule has 2 aliphatic rings. The van der Waals surface area contributed by atoms with Crippen LogP contribution in [0.4, 0.5) is 14.5 Å². The lowest BCUT2D eigenvalue weighted by atomic mass is 9.90. The van der Waals surface area contributed by atoms with Gasteiger partial charge in [-0.1, -0.05) is 6.07 Å². The van der Waals surface area contributed by atoms with Crippen LogP contribution in [-0.2, 0) is 0 Å². The zero-order valence-electron chi connectivity index (χ0n) is 20.4. The summed E-state index contributed by atoms with van der Waals surface area (Å²) in [7, 11) is 3.20. The molecule has 0 radical (unpaired) electrons. The second kappa shape index (κ2) is 9.38. The highest BCUT2D eigenvalue weighted by Gasteiger charge is 2.41. The van der Waals surface area contributed by atoms with Crippen LogP contribution in [-0.4, -0.2) is 47.2 Å². The fourth-order valence-electron chi connectivity index (χ4n) is 5.02. The Morgan fingerprint density at radius 1 is 0.784 bits per heavy atom. The predicted molar refractivity (Wildman–Crippen MR) is 134 cm³/mol. The van der Waals surface area contributed by atoms with Gasteiger partial charge in [0.1, 0.15) is 0 Å². The van der Waals surface area contributed by atoms with E-state index in [-0.39, 0.29) is 17.8 Å². The molecule has 2 aromatic heterocycles. The van der Waals surface area contributed by atoms with E-state index in [0.29, 0.717) is 41.9 Å². The van der Waals surface area contributed by atoms with E-state index in [0.717, 1.165) is 23.1 Å². The van der Waals surface area contributed by atoms with E-state index in [1.54, 1.807) is 51.1 Å². The third-order valence-electron chi connectivity index (χ3n) is 7.22. The molecule has 2 aromatic carbocycles. The minimum atomic E-state index is -0.819. The Labute approximate surface area is 213 Å². The van der Waals surface area contributed by atoms with Crippen LogP contribution in [0.1, 0.15) is 40.9 Å². The molecule has 2 atom stereocenters. The van der Waals surface area contributed by atoms with Crippen LogP contribution in [0.15, 0.2) is 61.2 Å². The molecule has 1 aliphatic carbocycles. The Bertz CT molecular complexity index is 1430. The van der Waals surface area contributed by atoms with Crippen molar-refractivity contribution in [1.29, 1.82) is 0 Å². The van der Waals surface area contributed by atoms with Gasteiger partial charge in [-0.2, -0.15) is 0 Å². The summed E-state index contributed by atoms with van der Waals surface area (Å²) in [6.45, 7) is 1.19. The van der Waals surface area contributed by atoms with Gasteiger partial charge in [-0.3, -0.25) is 0 Å². The van der Waals surface area contributed by atoms with Gasteiger partial charge in [0.05, 0.1) is 19.9 Å². The zero-order chi connectivity index (χ0) is 25.5. The number of hydrogen-bond acceptors (Lipinski definition) is 7. The Hall–Kier alpha value is -4.14. The van der Waals surface area contributed by atoms with E-state index in [2.05, 4.69) is 19.9 Å². The second-order valence-electron chi connectivity index (χ2n) is 9.41. The minimum absolute atomic E-state index is 0.0965. The normalized spacial score (nSPS) is 18.9. The first-order valence-corrected chi connectivity index (χ1v) is 12.1. The molecule has 0 spiro atoms. The average Bonchev–Trinajstić information content (AvgIpc) is 3.72. The maximum Gasteiger partial charge on any atom is 0.197 e. The van der Waals surface area contributed by atoms with E-state index < -0.39 is 11.6 Å². The monoisotopic (exact) mass is 501 g/mol. The van der Waals surface area contributed by atoms with Crippen LogP contribution in [0.5, 0.6) is 11.5 Å². The van der Waals surface area contributed by atoms with E-state index >= 15 is 0 Å². The third-order valence-corrected chi connectivity index (χ3v) is 7.22. The number of rotatable bonds is 7. The van der Waals surface area contributed by atoms with Gasteiger partial charge in [0.2, 0.25) is 0 Å². The number of anilines is 1. The molecular weight excluding hydrogens is 476 g/mol. The summed E-state index contributed by atoms with van der Waals surface area (Å²) < 4.78 is 40.2. The lowest BCUT2D eigenvalue weighted by Gasteiger charge is -2.41. The minimum Gasteiger partial charge on any atom is -0.493 e. The Morgan fingerprint density at radius 2 is 1.46 bits per heavy atom. The van der Waals surface area contributed by atoms with Gasteiger partial charge in [-0.25, -0.2) is 28.7 Å². The standard InChI is InChI=1S/C28H25F2N5O2/c1-36-24-5-4-16(10-25(24)37-2)19-14-35(15-19)23-9-17(8-22(29)26(23)30)20-11-21(20)18-12-33-28(34-13-18)27-31-6-3-7-32-27/h3-10,12-13,19-21H,11,14-15H2,1-2H3. The summed E-state index contributed by atoms with van der Waals surface area (Å²) in [5.41, 5.74) is 3.15.